The van der Waals surface area contributed by atoms with Crippen LogP contribution < -0.4 is 0 Å². The molecule has 0 aliphatic rings. The van der Waals surface area contributed by atoms with E-state index in [9.17, 15) is 10.1 Å². The molecule has 0 aromatic heterocycles. The van der Waals surface area contributed by atoms with Crippen LogP contribution in [0.15, 0.2) is 24.3 Å². The first-order valence-corrected chi connectivity index (χ1v) is 6.70. The fourth-order valence-electron chi connectivity index (χ4n) is 1.50. The highest BCUT2D eigenvalue weighted by atomic mass is 28.1. The summed E-state index contributed by atoms with van der Waals surface area (Å²) in [4.78, 5) is 10.6. The second kappa shape index (κ2) is 4.78. The maximum absolute atomic E-state index is 10.9. The van der Waals surface area contributed by atoms with Gasteiger partial charge in [0.2, 0.25) is 0 Å². The highest BCUT2D eigenvalue weighted by Gasteiger charge is 2.23. The number of rotatable bonds is 3. The van der Waals surface area contributed by atoms with Crippen LogP contribution in [-0.4, -0.2) is 15.2 Å². The van der Waals surface area contributed by atoms with Gasteiger partial charge in [-0.2, -0.15) is 0 Å². The minimum Gasteiger partial charge on any atom is -0.258 e. The summed E-state index contributed by atoms with van der Waals surface area (Å²) in [7, 11) is 1.05. The molecule has 0 amide bonds. The van der Waals surface area contributed by atoms with Gasteiger partial charge in [-0.15, -0.1) is 0 Å². The predicted octanol–water partition coefficient (Wildman–Crippen LogP) is 2.34. The van der Waals surface area contributed by atoms with Gasteiger partial charge in [0, 0.05) is 21.9 Å². The summed E-state index contributed by atoms with van der Waals surface area (Å²) in [6.45, 7) is 6.58. The summed E-state index contributed by atoms with van der Waals surface area (Å²) in [6, 6.07) is 7.06. The van der Waals surface area contributed by atoms with Gasteiger partial charge in [-0.25, -0.2) is 0 Å². The molecule has 1 aromatic rings. The predicted molar refractivity (Wildman–Crippen MR) is 69.9 cm³/mol. The minimum atomic E-state index is -0.285. The van der Waals surface area contributed by atoms with E-state index in [1.807, 2.05) is 12.1 Å². The highest BCUT2D eigenvalue weighted by molar-refractivity contribution is 6.12. The van der Waals surface area contributed by atoms with E-state index < -0.39 is 0 Å². The minimum absolute atomic E-state index is 0.232. The van der Waals surface area contributed by atoms with Crippen LogP contribution in [0.1, 0.15) is 26.3 Å². The smallest absolute Gasteiger partial charge is 0.258 e. The second-order valence-electron chi connectivity index (χ2n) is 5.36. The lowest BCUT2D eigenvalue weighted by atomic mass is 9.87. The molecule has 0 fully saturated rings. The van der Waals surface area contributed by atoms with Crippen LogP contribution in [-0.2, 0) is 6.42 Å². The average molecular weight is 237 g/mol. The van der Waals surface area contributed by atoms with E-state index in [1.54, 1.807) is 12.1 Å². The third kappa shape index (κ3) is 3.17. The van der Waals surface area contributed by atoms with Crippen LogP contribution in [0.25, 0.3) is 0 Å². The Hall–Kier alpha value is -1.16. The third-order valence-corrected chi connectivity index (χ3v) is 5.33. The first-order chi connectivity index (χ1) is 7.32. The molecule has 0 radical (unpaired) electrons. The van der Waals surface area contributed by atoms with Crippen molar-refractivity contribution in [3.8, 4) is 0 Å². The molecule has 3 nitrogen and oxygen atoms in total. The molecule has 0 saturated carbocycles. The summed E-state index contributed by atoms with van der Waals surface area (Å²) in [5, 5.41) is 10.9. The molecule has 0 N–H and O–H groups in total. The summed E-state index contributed by atoms with van der Waals surface area (Å²) >= 11 is 0. The van der Waals surface area contributed by atoms with Crippen LogP contribution in [0.2, 0.25) is 5.54 Å². The summed E-state index contributed by atoms with van der Waals surface area (Å²) in [6.07, 6.45) is 0.812. The van der Waals surface area contributed by atoms with Gasteiger partial charge in [-0.3, -0.25) is 10.1 Å². The lowest BCUT2D eigenvalue weighted by Crippen LogP contribution is -2.17. The van der Waals surface area contributed by atoms with Gasteiger partial charge in [0.25, 0.3) is 5.69 Å². The zero-order chi connectivity index (χ0) is 12.3. The molecule has 16 heavy (non-hydrogen) atoms. The van der Waals surface area contributed by atoms with Gasteiger partial charge in [0.15, 0.2) is 0 Å². The highest BCUT2D eigenvalue weighted by Crippen LogP contribution is 2.33. The quantitative estimate of drug-likeness (QED) is 0.460. The van der Waals surface area contributed by atoms with Gasteiger partial charge in [0.1, 0.15) is 0 Å². The Labute approximate surface area is 99.4 Å². The first kappa shape index (κ1) is 12.9. The van der Waals surface area contributed by atoms with Gasteiger partial charge < -0.3 is 0 Å². The Balaban J connectivity index is 2.93. The van der Waals surface area contributed by atoms with Gasteiger partial charge in [-0.1, -0.05) is 39.0 Å². The summed E-state index contributed by atoms with van der Waals surface area (Å²) in [5.41, 5.74) is 1.90. The topological polar surface area (TPSA) is 43.1 Å². The average Bonchev–Trinajstić information content (AvgIpc) is 2.16. The molecule has 1 atom stereocenters. The lowest BCUT2D eigenvalue weighted by Gasteiger charge is -2.27. The molecular formula is C12H19NO2Si. The van der Waals surface area contributed by atoms with Crippen molar-refractivity contribution in [1.82, 2.24) is 0 Å². The number of hydrogen-bond donors (Lipinski definition) is 0. The molecule has 0 aliphatic carbocycles. The van der Waals surface area contributed by atoms with E-state index in [0.717, 1.165) is 22.2 Å². The lowest BCUT2D eigenvalue weighted by molar-refractivity contribution is -0.385. The van der Waals surface area contributed by atoms with Crippen LogP contribution in [0, 0.1) is 15.5 Å². The van der Waals surface area contributed by atoms with E-state index >= 15 is 0 Å². The molecule has 0 spiro atoms. The molecule has 0 aliphatic heterocycles. The Morgan fingerprint density at radius 3 is 2.44 bits per heavy atom. The SMILES string of the molecule is CC(C)(C)C([SiH3])Cc1ccccc1[N+](=O)[O-]. The Morgan fingerprint density at radius 2 is 1.94 bits per heavy atom. The van der Waals surface area contributed by atoms with Crippen molar-refractivity contribution < 1.29 is 4.92 Å². The van der Waals surface area contributed by atoms with Gasteiger partial charge in [0.05, 0.1) is 4.92 Å². The van der Waals surface area contributed by atoms with E-state index in [0.29, 0.717) is 5.54 Å². The monoisotopic (exact) mass is 237 g/mol. The van der Waals surface area contributed by atoms with Crippen LogP contribution in [0.3, 0.4) is 0 Å². The number of nitro groups is 1. The number of nitrogens with zero attached hydrogens (tertiary/aromatic N) is 1. The molecule has 0 bridgehead atoms. The van der Waals surface area contributed by atoms with E-state index in [-0.39, 0.29) is 16.0 Å². The molecular weight excluding hydrogens is 218 g/mol. The van der Waals surface area contributed by atoms with E-state index in [2.05, 4.69) is 20.8 Å². The van der Waals surface area contributed by atoms with Crippen molar-refractivity contribution in [2.75, 3.05) is 0 Å². The van der Waals surface area contributed by atoms with Crippen molar-refractivity contribution >= 4 is 15.9 Å². The van der Waals surface area contributed by atoms with E-state index in [4.69, 9.17) is 0 Å². The largest absolute Gasteiger partial charge is 0.272 e. The fourth-order valence-corrected chi connectivity index (χ4v) is 1.94. The van der Waals surface area contributed by atoms with Crippen molar-refractivity contribution in [2.24, 2.45) is 5.41 Å². The molecule has 4 heteroatoms. The molecule has 0 saturated heterocycles. The molecule has 0 heterocycles. The zero-order valence-electron chi connectivity index (χ0n) is 10.4. The van der Waals surface area contributed by atoms with Crippen molar-refractivity contribution in [3.05, 3.63) is 39.9 Å². The number of hydrogen-bond acceptors (Lipinski definition) is 2. The fraction of sp³-hybridized carbons (Fsp3) is 0.500. The van der Waals surface area contributed by atoms with Crippen LogP contribution in [0.4, 0.5) is 5.69 Å². The van der Waals surface area contributed by atoms with Crippen molar-refractivity contribution in [2.45, 2.75) is 32.7 Å². The first-order valence-electron chi connectivity index (χ1n) is 5.54. The number of nitro benzene ring substituents is 1. The molecule has 1 rings (SSSR count). The zero-order valence-corrected chi connectivity index (χ0v) is 12.4. The Bertz CT molecular complexity index is 385. The Kier molecular flexibility index (Phi) is 3.86. The summed E-state index contributed by atoms with van der Waals surface area (Å²) in [5.74, 6) is 0. The van der Waals surface area contributed by atoms with Crippen LogP contribution in [0.5, 0.6) is 0 Å². The van der Waals surface area contributed by atoms with E-state index in [1.165, 1.54) is 0 Å². The normalized spacial score (nSPS) is 13.7. The Morgan fingerprint density at radius 1 is 1.38 bits per heavy atom. The standard InChI is InChI=1S/C12H19NO2Si/c1-12(2,3)11(16)8-9-6-4-5-7-10(9)13(14)15/h4-7,11H,8H2,1-3,16H3. The molecule has 1 aromatic carbocycles. The number of para-hydroxylation sites is 1. The maximum atomic E-state index is 10.9. The number of benzene rings is 1. The van der Waals surface area contributed by atoms with Gasteiger partial charge >= 0.3 is 0 Å². The van der Waals surface area contributed by atoms with Crippen molar-refractivity contribution in [3.63, 3.8) is 0 Å². The molecule has 1 unspecified atom stereocenters. The van der Waals surface area contributed by atoms with Gasteiger partial charge in [-0.05, 0) is 17.4 Å². The van der Waals surface area contributed by atoms with Crippen LogP contribution >= 0.6 is 0 Å². The third-order valence-electron chi connectivity index (χ3n) is 3.19. The molecule has 88 valence electrons. The van der Waals surface area contributed by atoms with Crippen molar-refractivity contribution in [1.29, 1.82) is 0 Å². The summed E-state index contributed by atoms with van der Waals surface area (Å²) < 4.78 is 0. The second-order valence-corrected chi connectivity index (χ2v) is 6.75. The maximum Gasteiger partial charge on any atom is 0.272 e.